The Kier molecular flexibility index (Phi) is 10.2. The number of ether oxygens (including phenoxy) is 1. The van der Waals surface area contributed by atoms with E-state index in [2.05, 4.69) is 131 Å². The Morgan fingerprint density at radius 2 is 1.15 bits per heavy atom. The van der Waals surface area contributed by atoms with Crippen molar-refractivity contribution in [3.05, 3.63) is 126 Å². The summed E-state index contributed by atoms with van der Waals surface area (Å²) in [6.07, 6.45) is 2.62. The van der Waals surface area contributed by atoms with Crippen molar-refractivity contribution in [2.75, 3.05) is 13.2 Å². The van der Waals surface area contributed by atoms with Gasteiger partial charge in [-0.1, -0.05) is 6.92 Å². The third-order valence-corrected chi connectivity index (χ3v) is 14.4. The van der Waals surface area contributed by atoms with Crippen molar-refractivity contribution in [3.8, 4) is 0 Å². The van der Waals surface area contributed by atoms with Gasteiger partial charge < -0.3 is 0 Å². The van der Waals surface area contributed by atoms with Crippen LogP contribution in [0.2, 0.25) is 0 Å². The molecule has 0 aliphatic carbocycles. The fourth-order valence-electron chi connectivity index (χ4n) is 6.05. The number of nitrogens with one attached hydrogen (secondary N) is 1. The third-order valence-electron chi connectivity index (χ3n) is 8.49. The van der Waals surface area contributed by atoms with E-state index in [9.17, 15) is 4.79 Å². The molecule has 0 fully saturated rings. The second-order valence-electron chi connectivity index (χ2n) is 12.1. The molecule has 0 unspecified atom stereocenters. The first kappa shape index (κ1) is 30.7. The fraction of sp³-hybridized carbons (Fsp3) is 0.324. The van der Waals surface area contributed by atoms with Crippen LogP contribution in [0.15, 0.2) is 115 Å². The second-order valence-corrected chi connectivity index (χ2v) is 16.7. The van der Waals surface area contributed by atoms with Gasteiger partial charge in [0.1, 0.15) is 0 Å². The number of carbonyl (C=O) groups excluding carboxylic acids is 1. The van der Waals surface area contributed by atoms with Crippen molar-refractivity contribution in [1.82, 2.24) is 5.32 Å². The van der Waals surface area contributed by atoms with Crippen molar-refractivity contribution in [2.45, 2.75) is 64.6 Å². The Morgan fingerprint density at radius 1 is 0.683 bits per heavy atom. The van der Waals surface area contributed by atoms with Gasteiger partial charge in [-0.15, -0.1) is 0 Å². The zero-order valence-electron chi connectivity index (χ0n) is 25.3. The fourth-order valence-corrected chi connectivity index (χ4v) is 11.9. The molecule has 0 aromatic heterocycles. The van der Waals surface area contributed by atoms with Crippen molar-refractivity contribution in [1.29, 1.82) is 0 Å². The van der Waals surface area contributed by atoms with E-state index >= 15 is 0 Å². The van der Waals surface area contributed by atoms with Gasteiger partial charge in [0.15, 0.2) is 0 Å². The first-order valence-corrected chi connectivity index (χ1v) is 16.9. The summed E-state index contributed by atoms with van der Waals surface area (Å²) in [7, 11) is -2.47. The van der Waals surface area contributed by atoms with Gasteiger partial charge in [-0.2, -0.15) is 0 Å². The Labute approximate surface area is 247 Å². The summed E-state index contributed by atoms with van der Waals surface area (Å²) in [4.78, 5) is 12.6. The molecule has 0 bridgehead atoms. The van der Waals surface area contributed by atoms with Crippen molar-refractivity contribution < 1.29 is 9.53 Å². The van der Waals surface area contributed by atoms with Crippen LogP contribution in [0.25, 0.3) is 0 Å². The third kappa shape index (κ3) is 7.15. The monoisotopic (exact) mass is 567 g/mol. The summed E-state index contributed by atoms with van der Waals surface area (Å²) in [5.74, 6) is -0.0334. The summed E-state index contributed by atoms with van der Waals surface area (Å²) >= 11 is 0. The maximum atomic E-state index is 12.6. The minimum atomic E-state index is -2.47. The van der Waals surface area contributed by atoms with Crippen LogP contribution in [0.1, 0.15) is 63.4 Å². The summed E-state index contributed by atoms with van der Waals surface area (Å²) in [5, 5.41) is 7.27. The number of carbonyl (C=O) groups is 1. The van der Waals surface area contributed by atoms with E-state index in [4.69, 9.17) is 4.74 Å². The van der Waals surface area contributed by atoms with Crippen molar-refractivity contribution in [2.24, 2.45) is 0 Å². The minimum absolute atomic E-state index is 0.0334. The molecule has 0 saturated heterocycles. The number of benzene rings is 4. The molecule has 0 spiro atoms. The van der Waals surface area contributed by atoms with Crippen LogP contribution < -0.4 is 21.2 Å². The molecule has 4 rings (SSSR count). The molecule has 3 nitrogen and oxygen atoms in total. The standard InChI is InChI=1S/C37H46NO2P/c1-6-30-22-24-31(25-23-30)35(39)38-28-26-36(2,3)40-29-27-37(4,5)41(32-16-10-7-11-17-32,33-18-12-8-13-19-33)34-20-14-9-15-21-34/h7-25,41H,6,26-29H2,1-5H3,(H,38,39). The molecule has 0 heterocycles. The SMILES string of the molecule is CCc1ccc(C(=O)NCCC(C)(C)OCCC(C)(C)[PH](c2ccccc2)(c2ccccc2)c2ccccc2)cc1. The summed E-state index contributed by atoms with van der Waals surface area (Å²) in [6.45, 7) is 12.4. The van der Waals surface area contributed by atoms with Crippen LogP contribution in [-0.2, 0) is 11.2 Å². The predicted molar refractivity (Wildman–Crippen MR) is 178 cm³/mol. The summed E-state index contributed by atoms with van der Waals surface area (Å²) in [5.41, 5.74) is 1.58. The van der Waals surface area contributed by atoms with Crippen LogP contribution in [0, 0.1) is 0 Å². The molecule has 0 atom stereocenters. The van der Waals surface area contributed by atoms with Crippen molar-refractivity contribution in [3.63, 3.8) is 0 Å². The van der Waals surface area contributed by atoms with E-state index in [1.54, 1.807) is 0 Å². The topological polar surface area (TPSA) is 38.3 Å². The van der Waals surface area contributed by atoms with Gasteiger partial charge in [0.05, 0.1) is 0 Å². The van der Waals surface area contributed by atoms with Gasteiger partial charge in [-0.3, -0.25) is 0 Å². The molecule has 0 aliphatic rings. The number of hydrogen-bond acceptors (Lipinski definition) is 2. The van der Waals surface area contributed by atoms with Gasteiger partial charge in [-0.05, 0) is 12.0 Å². The van der Waals surface area contributed by atoms with Crippen LogP contribution in [0.5, 0.6) is 0 Å². The Morgan fingerprint density at radius 3 is 1.59 bits per heavy atom. The average Bonchev–Trinajstić information content (AvgIpc) is 2.99. The molecule has 216 valence electrons. The molecule has 0 radical (unpaired) electrons. The van der Waals surface area contributed by atoms with Gasteiger partial charge in [0, 0.05) is 0 Å². The molecule has 0 aliphatic heterocycles. The molecular formula is C37H46NO2P. The normalized spacial score (nSPS) is 12.6. The Balaban J connectivity index is 1.49. The second kappa shape index (κ2) is 13.6. The van der Waals surface area contributed by atoms with E-state index in [1.165, 1.54) is 21.5 Å². The van der Waals surface area contributed by atoms with Crippen molar-refractivity contribution >= 4 is 29.1 Å². The zero-order chi connectivity index (χ0) is 29.3. The molecule has 4 aromatic rings. The Bertz CT molecular complexity index is 1270. The van der Waals surface area contributed by atoms with E-state index in [0.29, 0.717) is 18.7 Å². The number of rotatable bonds is 13. The zero-order valence-corrected chi connectivity index (χ0v) is 26.3. The first-order chi connectivity index (χ1) is 19.7. The summed E-state index contributed by atoms with van der Waals surface area (Å²) in [6, 6.07) is 41.1. The molecule has 0 saturated carbocycles. The summed E-state index contributed by atoms with van der Waals surface area (Å²) < 4.78 is 6.56. The van der Waals surface area contributed by atoms with Gasteiger partial charge in [-0.25, -0.2) is 0 Å². The van der Waals surface area contributed by atoms with Gasteiger partial charge in [0.2, 0.25) is 0 Å². The molecule has 4 heteroatoms. The molecule has 4 aromatic carbocycles. The van der Waals surface area contributed by atoms with Gasteiger partial charge in [0.25, 0.3) is 0 Å². The number of aryl methyl sites for hydroxylation is 1. The van der Waals surface area contributed by atoms with Gasteiger partial charge >= 0.3 is 229 Å². The van der Waals surface area contributed by atoms with Crippen LogP contribution in [0.3, 0.4) is 0 Å². The Hall–Kier alpha value is -3.26. The first-order valence-electron chi connectivity index (χ1n) is 14.9. The van der Waals surface area contributed by atoms with Crippen LogP contribution in [0.4, 0.5) is 0 Å². The average molecular weight is 568 g/mol. The maximum absolute atomic E-state index is 12.6. The van der Waals surface area contributed by atoms with E-state index in [-0.39, 0.29) is 16.7 Å². The van der Waals surface area contributed by atoms with E-state index in [1.807, 2.05) is 24.3 Å². The number of hydrogen-bond donors (Lipinski definition) is 1. The molecule has 1 amide bonds. The van der Waals surface area contributed by atoms with Crippen LogP contribution >= 0.6 is 7.26 Å². The predicted octanol–water partition coefficient (Wildman–Crippen LogP) is 7.06. The number of amides is 1. The van der Waals surface area contributed by atoms with E-state index < -0.39 is 7.26 Å². The van der Waals surface area contributed by atoms with E-state index in [0.717, 1.165) is 19.3 Å². The molecular weight excluding hydrogens is 521 g/mol. The molecule has 1 N–H and O–H groups in total. The molecule has 41 heavy (non-hydrogen) atoms. The quantitative estimate of drug-likeness (QED) is 0.176. The van der Waals surface area contributed by atoms with Crippen LogP contribution in [-0.4, -0.2) is 29.8 Å².